The van der Waals surface area contributed by atoms with E-state index < -0.39 is 23.9 Å². The third-order valence-corrected chi connectivity index (χ3v) is 4.16. The van der Waals surface area contributed by atoms with E-state index in [4.69, 9.17) is 9.47 Å². The molecule has 0 radical (unpaired) electrons. The monoisotopic (exact) mass is 367 g/mol. The number of rotatable bonds is 7. The van der Waals surface area contributed by atoms with Crippen molar-refractivity contribution in [1.82, 2.24) is 15.1 Å². The van der Waals surface area contributed by atoms with Crippen molar-refractivity contribution in [3.63, 3.8) is 0 Å². The molecule has 2 rings (SSSR count). The fraction of sp³-hybridized carbons (Fsp3) is 0.647. The second-order valence-corrected chi connectivity index (χ2v) is 6.29. The molecule has 1 N–H and O–H groups in total. The van der Waals surface area contributed by atoms with Crippen LogP contribution in [0.4, 0.5) is 0 Å². The van der Waals surface area contributed by atoms with E-state index in [-0.39, 0.29) is 38.3 Å². The number of esters is 1. The number of nitrogens with zero attached hydrogens (tertiary/aromatic N) is 2. The molecular weight excluding hydrogens is 342 g/mol. The van der Waals surface area contributed by atoms with E-state index in [1.165, 1.54) is 22.8 Å². The molecule has 1 aliphatic carbocycles. The second-order valence-electron chi connectivity index (χ2n) is 6.29. The van der Waals surface area contributed by atoms with Gasteiger partial charge in [0.1, 0.15) is 0 Å². The Morgan fingerprint density at radius 3 is 2.35 bits per heavy atom. The van der Waals surface area contributed by atoms with Crippen LogP contribution in [-0.4, -0.2) is 85.0 Å². The van der Waals surface area contributed by atoms with Crippen LogP contribution in [0.3, 0.4) is 0 Å². The van der Waals surface area contributed by atoms with E-state index >= 15 is 0 Å². The number of nitrogens with one attached hydrogen (secondary N) is 1. The minimum atomic E-state index is -0.778. The third kappa shape index (κ3) is 5.83. The summed E-state index contributed by atoms with van der Waals surface area (Å²) in [6, 6.07) is 0.127. The Kier molecular flexibility index (Phi) is 7.14. The van der Waals surface area contributed by atoms with Crippen molar-refractivity contribution >= 4 is 23.7 Å². The van der Waals surface area contributed by atoms with Crippen LogP contribution in [0.5, 0.6) is 0 Å². The molecule has 1 saturated heterocycles. The zero-order valence-electron chi connectivity index (χ0n) is 14.9. The fourth-order valence-corrected chi connectivity index (χ4v) is 2.40. The zero-order chi connectivity index (χ0) is 19.1. The summed E-state index contributed by atoms with van der Waals surface area (Å²) >= 11 is 0. The van der Waals surface area contributed by atoms with Crippen molar-refractivity contribution in [2.24, 2.45) is 0 Å². The molecule has 0 aromatic carbocycles. The minimum Gasteiger partial charge on any atom is -0.454 e. The standard InChI is InChI=1S/C17H25N3O6/c1-3-10-25-12(2)17(24)26-11-14(21)19-6-8-20(9-7-19)16(23)15(22)18-13-4-5-13/h3,12-13H,1,4-11H2,2H3,(H,18,22). The van der Waals surface area contributed by atoms with Crippen molar-refractivity contribution in [3.05, 3.63) is 12.7 Å². The molecule has 1 saturated carbocycles. The quantitative estimate of drug-likeness (QED) is 0.354. The summed E-state index contributed by atoms with van der Waals surface area (Å²) in [5.41, 5.74) is 0. The van der Waals surface area contributed by atoms with Gasteiger partial charge in [0.2, 0.25) is 0 Å². The molecule has 1 unspecified atom stereocenters. The first kappa shape index (κ1) is 19.9. The van der Waals surface area contributed by atoms with E-state index in [1.807, 2.05) is 0 Å². The highest BCUT2D eigenvalue weighted by atomic mass is 16.6. The van der Waals surface area contributed by atoms with Gasteiger partial charge in [-0.15, -0.1) is 6.58 Å². The second kappa shape index (κ2) is 9.33. The average molecular weight is 367 g/mol. The van der Waals surface area contributed by atoms with E-state index in [1.54, 1.807) is 0 Å². The summed E-state index contributed by atoms with van der Waals surface area (Å²) < 4.78 is 10.1. The smallest absolute Gasteiger partial charge is 0.335 e. The molecule has 1 heterocycles. The first-order valence-electron chi connectivity index (χ1n) is 8.69. The van der Waals surface area contributed by atoms with Crippen molar-refractivity contribution in [2.75, 3.05) is 39.4 Å². The maximum atomic E-state index is 12.1. The van der Waals surface area contributed by atoms with Gasteiger partial charge in [-0.2, -0.15) is 0 Å². The summed E-state index contributed by atoms with van der Waals surface area (Å²) in [5.74, 6) is -2.12. The first-order valence-corrected chi connectivity index (χ1v) is 8.69. The summed E-state index contributed by atoms with van der Waals surface area (Å²) in [7, 11) is 0. The minimum absolute atomic E-state index is 0.127. The SMILES string of the molecule is C=CCOC(C)C(=O)OCC(=O)N1CCN(C(=O)C(=O)NC2CC2)CC1. The van der Waals surface area contributed by atoms with Crippen LogP contribution in [0, 0.1) is 0 Å². The molecule has 2 fully saturated rings. The average Bonchev–Trinajstić information content (AvgIpc) is 3.47. The third-order valence-electron chi connectivity index (χ3n) is 4.16. The number of amides is 3. The van der Waals surface area contributed by atoms with Gasteiger partial charge < -0.3 is 24.6 Å². The van der Waals surface area contributed by atoms with Gasteiger partial charge in [0, 0.05) is 32.2 Å². The van der Waals surface area contributed by atoms with Crippen LogP contribution in [0.2, 0.25) is 0 Å². The van der Waals surface area contributed by atoms with Crippen LogP contribution in [-0.2, 0) is 28.7 Å². The molecule has 0 bridgehead atoms. The van der Waals surface area contributed by atoms with E-state index in [0.717, 1.165) is 12.8 Å². The van der Waals surface area contributed by atoms with Crippen LogP contribution in [0.1, 0.15) is 19.8 Å². The molecule has 0 spiro atoms. The predicted molar refractivity (Wildman–Crippen MR) is 90.9 cm³/mol. The summed E-state index contributed by atoms with van der Waals surface area (Å²) in [4.78, 5) is 50.5. The van der Waals surface area contributed by atoms with Crippen molar-refractivity contribution < 1.29 is 28.7 Å². The van der Waals surface area contributed by atoms with Gasteiger partial charge in [0.15, 0.2) is 12.7 Å². The van der Waals surface area contributed by atoms with Crippen LogP contribution in [0.25, 0.3) is 0 Å². The molecule has 0 aromatic heterocycles. The number of carbonyl (C=O) groups is 4. The van der Waals surface area contributed by atoms with E-state index in [9.17, 15) is 19.2 Å². The molecular formula is C17H25N3O6. The number of ether oxygens (including phenoxy) is 2. The van der Waals surface area contributed by atoms with Crippen LogP contribution < -0.4 is 5.32 Å². The fourth-order valence-electron chi connectivity index (χ4n) is 2.40. The largest absolute Gasteiger partial charge is 0.454 e. The Hall–Kier alpha value is -2.42. The van der Waals surface area contributed by atoms with Crippen LogP contribution >= 0.6 is 0 Å². The Morgan fingerprint density at radius 1 is 1.15 bits per heavy atom. The van der Waals surface area contributed by atoms with Crippen molar-refractivity contribution in [1.29, 1.82) is 0 Å². The Balaban J connectivity index is 1.68. The molecule has 9 nitrogen and oxygen atoms in total. The van der Waals surface area contributed by atoms with Gasteiger partial charge in [-0.3, -0.25) is 14.4 Å². The maximum Gasteiger partial charge on any atom is 0.335 e. The number of carbonyl (C=O) groups excluding carboxylic acids is 4. The van der Waals surface area contributed by atoms with E-state index in [2.05, 4.69) is 11.9 Å². The lowest BCUT2D eigenvalue weighted by molar-refractivity contribution is -0.161. The molecule has 2 aliphatic rings. The highest BCUT2D eigenvalue weighted by Crippen LogP contribution is 2.18. The summed E-state index contributed by atoms with van der Waals surface area (Å²) in [6.07, 6.45) is 2.56. The molecule has 3 amide bonds. The van der Waals surface area contributed by atoms with Crippen molar-refractivity contribution in [2.45, 2.75) is 31.9 Å². The van der Waals surface area contributed by atoms with Gasteiger partial charge in [0.25, 0.3) is 5.91 Å². The number of hydrogen-bond acceptors (Lipinski definition) is 6. The number of piperazine rings is 1. The van der Waals surface area contributed by atoms with Gasteiger partial charge in [-0.05, 0) is 19.8 Å². The Labute approximate surface area is 152 Å². The van der Waals surface area contributed by atoms with E-state index in [0.29, 0.717) is 13.1 Å². The van der Waals surface area contributed by atoms with Gasteiger partial charge in [-0.25, -0.2) is 4.79 Å². The normalized spacial score (nSPS) is 18.0. The number of hydrogen-bond donors (Lipinski definition) is 1. The molecule has 9 heteroatoms. The lowest BCUT2D eigenvalue weighted by Crippen LogP contribution is -2.54. The molecule has 0 aromatic rings. The highest BCUT2D eigenvalue weighted by molar-refractivity contribution is 6.35. The molecule has 26 heavy (non-hydrogen) atoms. The highest BCUT2D eigenvalue weighted by Gasteiger charge is 2.31. The Bertz CT molecular complexity index is 567. The topological polar surface area (TPSA) is 105 Å². The van der Waals surface area contributed by atoms with Gasteiger partial charge >= 0.3 is 17.8 Å². The Morgan fingerprint density at radius 2 is 1.77 bits per heavy atom. The molecule has 1 aliphatic heterocycles. The zero-order valence-corrected chi connectivity index (χ0v) is 14.9. The summed E-state index contributed by atoms with van der Waals surface area (Å²) in [6.45, 7) is 5.99. The first-order chi connectivity index (χ1) is 12.4. The predicted octanol–water partition coefficient (Wildman–Crippen LogP) is -0.930. The lowest BCUT2D eigenvalue weighted by Gasteiger charge is -2.34. The van der Waals surface area contributed by atoms with Crippen molar-refractivity contribution in [3.8, 4) is 0 Å². The maximum absolute atomic E-state index is 12.1. The van der Waals surface area contributed by atoms with Gasteiger partial charge in [0.05, 0.1) is 6.61 Å². The molecule has 144 valence electrons. The molecule has 1 atom stereocenters. The van der Waals surface area contributed by atoms with Crippen LogP contribution in [0.15, 0.2) is 12.7 Å². The summed E-state index contributed by atoms with van der Waals surface area (Å²) in [5, 5.41) is 2.66. The lowest BCUT2D eigenvalue weighted by atomic mass is 10.3. The van der Waals surface area contributed by atoms with Gasteiger partial charge in [-0.1, -0.05) is 6.08 Å².